The molecule has 1 aromatic rings. The SMILES string of the molecule is CC(N)CCC(=O)N1CCC(OCCCc2ccccc2)C1. The highest BCUT2D eigenvalue weighted by atomic mass is 16.5. The highest BCUT2D eigenvalue weighted by molar-refractivity contribution is 5.76. The predicted molar refractivity (Wildman–Crippen MR) is 88.6 cm³/mol. The number of hydrogen-bond acceptors (Lipinski definition) is 3. The lowest BCUT2D eigenvalue weighted by Gasteiger charge is -2.17. The van der Waals surface area contributed by atoms with Crippen molar-refractivity contribution in [3.63, 3.8) is 0 Å². The van der Waals surface area contributed by atoms with Crippen molar-refractivity contribution in [3.05, 3.63) is 35.9 Å². The molecule has 2 rings (SSSR count). The summed E-state index contributed by atoms with van der Waals surface area (Å²) in [7, 11) is 0. The summed E-state index contributed by atoms with van der Waals surface area (Å²) >= 11 is 0. The van der Waals surface area contributed by atoms with E-state index in [0.29, 0.717) is 6.42 Å². The molecule has 0 spiro atoms. The number of benzene rings is 1. The molecule has 4 heteroatoms. The summed E-state index contributed by atoms with van der Waals surface area (Å²) < 4.78 is 5.91. The van der Waals surface area contributed by atoms with Gasteiger partial charge in [0.15, 0.2) is 0 Å². The molecule has 0 saturated carbocycles. The number of ether oxygens (including phenoxy) is 1. The first-order valence-electron chi connectivity index (χ1n) is 8.34. The van der Waals surface area contributed by atoms with E-state index in [9.17, 15) is 4.79 Å². The molecule has 1 aliphatic rings. The summed E-state index contributed by atoms with van der Waals surface area (Å²) in [5.41, 5.74) is 7.05. The van der Waals surface area contributed by atoms with Crippen molar-refractivity contribution in [1.82, 2.24) is 4.90 Å². The van der Waals surface area contributed by atoms with Crippen LogP contribution in [0, 0.1) is 0 Å². The average Bonchev–Trinajstić information content (AvgIpc) is 2.99. The van der Waals surface area contributed by atoms with Crippen LogP contribution in [-0.4, -0.2) is 42.6 Å². The number of hydrogen-bond donors (Lipinski definition) is 1. The molecule has 1 amide bonds. The number of carbonyl (C=O) groups excluding carboxylic acids is 1. The molecule has 1 aliphatic heterocycles. The zero-order valence-electron chi connectivity index (χ0n) is 13.5. The maximum Gasteiger partial charge on any atom is 0.222 e. The third-order valence-corrected chi connectivity index (χ3v) is 4.12. The molecule has 2 N–H and O–H groups in total. The Labute approximate surface area is 133 Å². The topological polar surface area (TPSA) is 55.6 Å². The molecular weight excluding hydrogens is 276 g/mol. The summed E-state index contributed by atoms with van der Waals surface area (Å²) in [5.74, 6) is 0.215. The molecule has 2 unspecified atom stereocenters. The van der Waals surface area contributed by atoms with Gasteiger partial charge in [-0.3, -0.25) is 4.79 Å². The molecule has 0 radical (unpaired) electrons. The lowest BCUT2D eigenvalue weighted by Crippen LogP contribution is -2.31. The van der Waals surface area contributed by atoms with E-state index in [1.165, 1.54) is 5.56 Å². The van der Waals surface area contributed by atoms with Crippen LogP contribution in [0.5, 0.6) is 0 Å². The number of likely N-dealkylation sites (tertiary alicyclic amines) is 1. The second kappa shape index (κ2) is 8.91. The number of carbonyl (C=O) groups is 1. The molecule has 4 nitrogen and oxygen atoms in total. The van der Waals surface area contributed by atoms with E-state index < -0.39 is 0 Å². The highest BCUT2D eigenvalue weighted by Crippen LogP contribution is 2.15. The Balaban J connectivity index is 1.59. The third kappa shape index (κ3) is 5.78. The zero-order valence-corrected chi connectivity index (χ0v) is 13.5. The monoisotopic (exact) mass is 304 g/mol. The second-order valence-electron chi connectivity index (χ2n) is 6.23. The Morgan fingerprint density at radius 1 is 1.41 bits per heavy atom. The van der Waals surface area contributed by atoms with Gasteiger partial charge in [0, 0.05) is 32.2 Å². The average molecular weight is 304 g/mol. The van der Waals surface area contributed by atoms with Gasteiger partial charge in [0.05, 0.1) is 6.10 Å². The fourth-order valence-corrected chi connectivity index (χ4v) is 2.77. The second-order valence-corrected chi connectivity index (χ2v) is 6.23. The lowest BCUT2D eigenvalue weighted by atomic mass is 10.1. The van der Waals surface area contributed by atoms with Gasteiger partial charge in [-0.25, -0.2) is 0 Å². The summed E-state index contributed by atoms with van der Waals surface area (Å²) in [5, 5.41) is 0. The van der Waals surface area contributed by atoms with E-state index in [4.69, 9.17) is 10.5 Å². The van der Waals surface area contributed by atoms with Crippen molar-refractivity contribution in [2.75, 3.05) is 19.7 Å². The zero-order chi connectivity index (χ0) is 15.8. The van der Waals surface area contributed by atoms with Crippen LogP contribution in [0.4, 0.5) is 0 Å². The minimum Gasteiger partial charge on any atom is -0.376 e. The van der Waals surface area contributed by atoms with Crippen molar-refractivity contribution in [3.8, 4) is 0 Å². The van der Waals surface area contributed by atoms with Crippen LogP contribution in [0.3, 0.4) is 0 Å². The number of aryl methyl sites for hydroxylation is 1. The van der Waals surface area contributed by atoms with Gasteiger partial charge in [-0.05, 0) is 38.2 Å². The fourth-order valence-electron chi connectivity index (χ4n) is 2.77. The van der Waals surface area contributed by atoms with E-state index in [-0.39, 0.29) is 18.1 Å². The Hall–Kier alpha value is -1.39. The van der Waals surface area contributed by atoms with Crippen LogP contribution in [0.15, 0.2) is 30.3 Å². The minimum absolute atomic E-state index is 0.0941. The number of rotatable bonds is 8. The quantitative estimate of drug-likeness (QED) is 0.750. The first kappa shape index (κ1) is 17.0. The maximum absolute atomic E-state index is 12.0. The lowest BCUT2D eigenvalue weighted by molar-refractivity contribution is -0.130. The number of nitrogens with zero attached hydrogens (tertiary/aromatic N) is 1. The molecule has 0 aromatic heterocycles. The van der Waals surface area contributed by atoms with Gasteiger partial charge in [-0.1, -0.05) is 30.3 Å². The third-order valence-electron chi connectivity index (χ3n) is 4.12. The molecule has 1 heterocycles. The van der Waals surface area contributed by atoms with Crippen LogP contribution in [-0.2, 0) is 16.0 Å². The summed E-state index contributed by atoms with van der Waals surface area (Å²) in [6, 6.07) is 10.6. The first-order chi connectivity index (χ1) is 10.6. The van der Waals surface area contributed by atoms with Gasteiger partial charge in [-0.15, -0.1) is 0 Å². The molecule has 1 aromatic carbocycles. The van der Waals surface area contributed by atoms with E-state index in [0.717, 1.165) is 45.4 Å². The van der Waals surface area contributed by atoms with Crippen molar-refractivity contribution in [2.45, 2.75) is 51.2 Å². The summed E-state index contributed by atoms with van der Waals surface area (Å²) in [4.78, 5) is 13.9. The van der Waals surface area contributed by atoms with Crippen LogP contribution in [0.25, 0.3) is 0 Å². The fraction of sp³-hybridized carbons (Fsp3) is 0.611. The van der Waals surface area contributed by atoms with E-state index in [2.05, 4.69) is 24.3 Å². The highest BCUT2D eigenvalue weighted by Gasteiger charge is 2.26. The Bertz CT molecular complexity index is 448. The van der Waals surface area contributed by atoms with Crippen molar-refractivity contribution < 1.29 is 9.53 Å². The first-order valence-corrected chi connectivity index (χ1v) is 8.34. The normalized spacial score (nSPS) is 19.4. The van der Waals surface area contributed by atoms with E-state index in [1.54, 1.807) is 0 Å². The molecule has 0 aliphatic carbocycles. The van der Waals surface area contributed by atoms with E-state index in [1.807, 2.05) is 17.9 Å². The maximum atomic E-state index is 12.0. The predicted octanol–water partition coefficient (Wildman–Crippen LogP) is 2.36. The van der Waals surface area contributed by atoms with Crippen molar-refractivity contribution in [2.24, 2.45) is 5.73 Å². The van der Waals surface area contributed by atoms with Crippen molar-refractivity contribution >= 4 is 5.91 Å². The van der Waals surface area contributed by atoms with Crippen LogP contribution in [0.1, 0.15) is 38.2 Å². The van der Waals surface area contributed by atoms with Gasteiger partial charge in [0.2, 0.25) is 5.91 Å². The molecule has 2 atom stereocenters. The van der Waals surface area contributed by atoms with E-state index >= 15 is 0 Å². The molecule has 1 fully saturated rings. The summed E-state index contributed by atoms with van der Waals surface area (Å²) in [6.07, 6.45) is 4.55. The van der Waals surface area contributed by atoms with Gasteiger partial charge >= 0.3 is 0 Å². The largest absolute Gasteiger partial charge is 0.376 e. The molecular formula is C18H28N2O2. The Morgan fingerprint density at radius 3 is 2.91 bits per heavy atom. The summed E-state index contributed by atoms with van der Waals surface area (Å²) in [6.45, 7) is 4.27. The van der Waals surface area contributed by atoms with Gasteiger partial charge in [0.25, 0.3) is 0 Å². The molecule has 1 saturated heterocycles. The smallest absolute Gasteiger partial charge is 0.222 e. The van der Waals surface area contributed by atoms with Gasteiger partial charge in [-0.2, -0.15) is 0 Å². The Morgan fingerprint density at radius 2 is 2.18 bits per heavy atom. The molecule has 22 heavy (non-hydrogen) atoms. The van der Waals surface area contributed by atoms with Gasteiger partial charge in [0.1, 0.15) is 0 Å². The van der Waals surface area contributed by atoms with Crippen molar-refractivity contribution in [1.29, 1.82) is 0 Å². The minimum atomic E-state index is 0.0941. The molecule has 0 bridgehead atoms. The number of nitrogens with two attached hydrogens (primary N) is 1. The van der Waals surface area contributed by atoms with Crippen LogP contribution in [0.2, 0.25) is 0 Å². The van der Waals surface area contributed by atoms with Crippen LogP contribution >= 0.6 is 0 Å². The number of amides is 1. The Kier molecular flexibility index (Phi) is 6.87. The standard InChI is InChI=1S/C18H28N2O2/c1-15(19)9-10-18(21)20-12-11-17(14-20)22-13-5-8-16-6-3-2-4-7-16/h2-4,6-7,15,17H,5,8-14,19H2,1H3. The van der Waals surface area contributed by atoms with Crippen LogP contribution < -0.4 is 5.73 Å². The molecule has 122 valence electrons. The van der Waals surface area contributed by atoms with Gasteiger partial charge < -0.3 is 15.4 Å².